The molecule has 0 saturated carbocycles. The number of nitrogens with one attached hydrogen (secondary N) is 1. The Bertz CT molecular complexity index is 594. The number of benzene rings is 1. The first kappa shape index (κ1) is 13.4. The number of anilines is 1. The molecule has 0 aliphatic carbocycles. The topological polar surface area (TPSA) is 72.9 Å². The monoisotopic (exact) mass is 278 g/mol. The summed E-state index contributed by atoms with van der Waals surface area (Å²) in [5, 5.41) is 7.90. The van der Waals surface area contributed by atoms with Gasteiger partial charge in [0.05, 0.1) is 16.9 Å². The summed E-state index contributed by atoms with van der Waals surface area (Å²) in [6.45, 7) is 3.44. The molecular weight excluding hydrogens is 264 g/mol. The largest absolute Gasteiger partial charge is 0.380 e. The van der Waals surface area contributed by atoms with Crippen LogP contribution in [0.15, 0.2) is 30.6 Å². The van der Waals surface area contributed by atoms with Crippen LogP contribution in [0, 0.1) is 0 Å². The van der Waals surface area contributed by atoms with Gasteiger partial charge in [-0.3, -0.25) is 9.48 Å². The molecule has 0 fully saturated rings. The number of nitrogens with two attached hydrogens (primary N) is 1. The second-order valence-electron chi connectivity index (χ2n) is 4.12. The highest BCUT2D eigenvalue weighted by molar-refractivity contribution is 6.33. The van der Waals surface area contributed by atoms with Crippen molar-refractivity contribution in [2.45, 2.75) is 20.0 Å². The molecule has 1 amide bonds. The van der Waals surface area contributed by atoms with Crippen LogP contribution in [-0.2, 0) is 13.1 Å². The predicted octanol–water partition coefficient (Wildman–Crippen LogP) is 2.27. The van der Waals surface area contributed by atoms with E-state index < -0.39 is 5.91 Å². The van der Waals surface area contributed by atoms with Crippen LogP contribution < -0.4 is 11.1 Å². The highest BCUT2D eigenvalue weighted by Gasteiger charge is 2.06. The van der Waals surface area contributed by atoms with E-state index in [2.05, 4.69) is 10.4 Å². The quantitative estimate of drug-likeness (QED) is 0.881. The summed E-state index contributed by atoms with van der Waals surface area (Å²) in [4.78, 5) is 11.1. The fourth-order valence-electron chi connectivity index (χ4n) is 1.68. The maximum absolute atomic E-state index is 11.1. The fourth-order valence-corrected chi connectivity index (χ4v) is 1.87. The molecule has 0 bridgehead atoms. The van der Waals surface area contributed by atoms with Crippen molar-refractivity contribution in [2.75, 3.05) is 5.32 Å². The van der Waals surface area contributed by atoms with Crippen molar-refractivity contribution in [3.05, 3.63) is 46.7 Å². The van der Waals surface area contributed by atoms with Crippen molar-refractivity contribution in [3.63, 3.8) is 0 Å². The SMILES string of the molecule is CCn1cc(CNc2cc(C(N)=O)ccc2Cl)cn1. The van der Waals surface area contributed by atoms with Crippen LogP contribution >= 0.6 is 11.6 Å². The van der Waals surface area contributed by atoms with E-state index >= 15 is 0 Å². The first-order valence-corrected chi connectivity index (χ1v) is 6.32. The molecule has 19 heavy (non-hydrogen) atoms. The van der Waals surface area contributed by atoms with Gasteiger partial charge in [0.1, 0.15) is 0 Å². The maximum Gasteiger partial charge on any atom is 0.248 e. The molecule has 0 unspecified atom stereocenters. The van der Waals surface area contributed by atoms with Crippen LogP contribution in [-0.4, -0.2) is 15.7 Å². The lowest BCUT2D eigenvalue weighted by atomic mass is 10.2. The van der Waals surface area contributed by atoms with E-state index in [4.69, 9.17) is 17.3 Å². The number of halogens is 1. The molecule has 1 aromatic heterocycles. The van der Waals surface area contributed by atoms with E-state index in [1.54, 1.807) is 24.4 Å². The Kier molecular flexibility index (Phi) is 4.06. The van der Waals surface area contributed by atoms with E-state index in [0.29, 0.717) is 22.8 Å². The van der Waals surface area contributed by atoms with Crippen LogP contribution in [0.1, 0.15) is 22.8 Å². The molecule has 3 N–H and O–H groups in total. The molecule has 0 aliphatic heterocycles. The smallest absolute Gasteiger partial charge is 0.248 e. The molecular formula is C13H15ClN4O. The van der Waals surface area contributed by atoms with E-state index in [-0.39, 0.29) is 0 Å². The van der Waals surface area contributed by atoms with Crippen LogP contribution in [0.25, 0.3) is 0 Å². The molecule has 1 aromatic carbocycles. The number of carbonyl (C=O) groups excluding carboxylic acids is 1. The Morgan fingerprint density at radius 3 is 2.95 bits per heavy atom. The van der Waals surface area contributed by atoms with Gasteiger partial charge in [-0.1, -0.05) is 11.6 Å². The Morgan fingerprint density at radius 1 is 1.53 bits per heavy atom. The van der Waals surface area contributed by atoms with Gasteiger partial charge in [-0.25, -0.2) is 0 Å². The number of hydrogen-bond donors (Lipinski definition) is 2. The fraction of sp³-hybridized carbons (Fsp3) is 0.231. The third-order valence-electron chi connectivity index (χ3n) is 2.74. The van der Waals surface area contributed by atoms with Gasteiger partial charge in [-0.15, -0.1) is 0 Å². The molecule has 1 heterocycles. The van der Waals surface area contributed by atoms with Gasteiger partial charge in [0, 0.05) is 30.4 Å². The average Bonchev–Trinajstić information content (AvgIpc) is 2.85. The average molecular weight is 279 g/mol. The number of primary amides is 1. The third kappa shape index (κ3) is 3.26. The van der Waals surface area contributed by atoms with Crippen molar-refractivity contribution >= 4 is 23.2 Å². The molecule has 5 nitrogen and oxygen atoms in total. The van der Waals surface area contributed by atoms with Crippen LogP contribution in [0.5, 0.6) is 0 Å². The Hall–Kier alpha value is -2.01. The molecule has 0 aliphatic rings. The Morgan fingerprint density at radius 2 is 2.32 bits per heavy atom. The van der Waals surface area contributed by atoms with Crippen LogP contribution in [0.3, 0.4) is 0 Å². The molecule has 2 aromatic rings. The number of amides is 1. The minimum absolute atomic E-state index is 0.427. The number of aryl methyl sites for hydroxylation is 1. The van der Waals surface area contributed by atoms with E-state index in [1.807, 2.05) is 17.8 Å². The molecule has 0 saturated heterocycles. The maximum atomic E-state index is 11.1. The normalized spacial score (nSPS) is 10.4. The first-order valence-electron chi connectivity index (χ1n) is 5.94. The van der Waals surface area contributed by atoms with Gasteiger partial charge in [-0.2, -0.15) is 5.10 Å². The summed E-state index contributed by atoms with van der Waals surface area (Å²) in [5.74, 6) is -0.474. The zero-order valence-corrected chi connectivity index (χ0v) is 11.3. The summed E-state index contributed by atoms with van der Waals surface area (Å²) in [6.07, 6.45) is 3.75. The van der Waals surface area contributed by atoms with Crippen molar-refractivity contribution in [3.8, 4) is 0 Å². The van der Waals surface area contributed by atoms with Gasteiger partial charge < -0.3 is 11.1 Å². The molecule has 0 radical (unpaired) electrons. The number of nitrogens with zero attached hydrogens (tertiary/aromatic N) is 2. The van der Waals surface area contributed by atoms with Gasteiger partial charge in [-0.05, 0) is 25.1 Å². The van der Waals surface area contributed by atoms with Crippen molar-refractivity contribution in [2.24, 2.45) is 5.73 Å². The zero-order chi connectivity index (χ0) is 13.8. The molecule has 0 atom stereocenters. The number of hydrogen-bond acceptors (Lipinski definition) is 3. The minimum atomic E-state index is -0.474. The standard InChI is InChI=1S/C13H15ClN4O/c1-2-18-8-9(7-17-18)6-16-12-5-10(13(15)19)3-4-11(12)14/h3-5,7-8,16H,2,6H2,1H3,(H2,15,19). The highest BCUT2D eigenvalue weighted by Crippen LogP contribution is 2.23. The Labute approximate surface area is 116 Å². The zero-order valence-electron chi connectivity index (χ0n) is 10.6. The molecule has 0 spiro atoms. The lowest BCUT2D eigenvalue weighted by Gasteiger charge is -2.08. The summed E-state index contributed by atoms with van der Waals surface area (Å²) in [7, 11) is 0. The summed E-state index contributed by atoms with van der Waals surface area (Å²) >= 11 is 6.06. The number of carbonyl (C=O) groups is 1. The van der Waals surface area contributed by atoms with Crippen molar-refractivity contribution in [1.29, 1.82) is 0 Å². The van der Waals surface area contributed by atoms with Crippen molar-refractivity contribution in [1.82, 2.24) is 9.78 Å². The number of aromatic nitrogens is 2. The lowest BCUT2D eigenvalue weighted by Crippen LogP contribution is -2.11. The predicted molar refractivity (Wildman–Crippen MR) is 75.2 cm³/mol. The van der Waals surface area contributed by atoms with Crippen LogP contribution in [0.2, 0.25) is 5.02 Å². The van der Waals surface area contributed by atoms with Gasteiger partial charge in [0.25, 0.3) is 0 Å². The molecule has 2 rings (SSSR count). The minimum Gasteiger partial charge on any atom is -0.380 e. The summed E-state index contributed by atoms with van der Waals surface area (Å²) < 4.78 is 1.85. The van der Waals surface area contributed by atoms with Gasteiger partial charge >= 0.3 is 0 Å². The molecule has 6 heteroatoms. The second kappa shape index (κ2) is 5.75. The third-order valence-corrected chi connectivity index (χ3v) is 3.07. The highest BCUT2D eigenvalue weighted by atomic mass is 35.5. The number of rotatable bonds is 5. The Balaban J connectivity index is 2.10. The summed E-state index contributed by atoms with van der Waals surface area (Å²) in [5.41, 5.74) is 7.39. The first-order chi connectivity index (χ1) is 9.10. The lowest BCUT2D eigenvalue weighted by molar-refractivity contribution is 0.100. The van der Waals surface area contributed by atoms with Gasteiger partial charge in [0.15, 0.2) is 0 Å². The van der Waals surface area contributed by atoms with Crippen molar-refractivity contribution < 1.29 is 4.79 Å². The molecule has 100 valence electrons. The van der Waals surface area contributed by atoms with Crippen LogP contribution in [0.4, 0.5) is 5.69 Å². The summed E-state index contributed by atoms with van der Waals surface area (Å²) in [6, 6.07) is 4.90. The van der Waals surface area contributed by atoms with E-state index in [0.717, 1.165) is 12.1 Å². The van der Waals surface area contributed by atoms with Gasteiger partial charge in [0.2, 0.25) is 5.91 Å². The van der Waals surface area contributed by atoms with E-state index in [1.165, 1.54) is 0 Å². The second-order valence-corrected chi connectivity index (χ2v) is 4.52. The van der Waals surface area contributed by atoms with E-state index in [9.17, 15) is 4.79 Å².